The summed E-state index contributed by atoms with van der Waals surface area (Å²) in [5, 5.41) is 2.76. The first-order chi connectivity index (χ1) is 12.9. The molecule has 6 nitrogen and oxygen atoms in total. The van der Waals surface area contributed by atoms with Crippen molar-refractivity contribution in [3.8, 4) is 5.75 Å². The highest BCUT2D eigenvalue weighted by molar-refractivity contribution is 7.89. The predicted octanol–water partition coefficient (Wildman–Crippen LogP) is 3.02. The zero-order chi connectivity index (χ0) is 19.7. The van der Waals surface area contributed by atoms with Crippen molar-refractivity contribution in [2.75, 3.05) is 13.2 Å². The normalized spacial score (nSPS) is 12.4. The molecule has 7 heteroatoms. The summed E-state index contributed by atoms with van der Waals surface area (Å²) in [5.41, 5.74) is 0.884. The van der Waals surface area contributed by atoms with Crippen LogP contribution < -0.4 is 14.8 Å². The molecule has 0 fully saturated rings. The molecule has 146 valence electrons. The predicted molar refractivity (Wildman–Crippen MR) is 105 cm³/mol. The van der Waals surface area contributed by atoms with Crippen LogP contribution in [0, 0.1) is 0 Å². The molecule has 0 heterocycles. The second-order valence-corrected chi connectivity index (χ2v) is 7.93. The molecule has 0 bridgehead atoms. The van der Waals surface area contributed by atoms with E-state index in [9.17, 15) is 13.2 Å². The van der Waals surface area contributed by atoms with Gasteiger partial charge in [-0.1, -0.05) is 43.7 Å². The number of carbonyl (C=O) groups excluding carboxylic acids is 1. The number of unbranched alkanes of at least 4 members (excludes halogenated alkanes) is 1. The lowest BCUT2D eigenvalue weighted by molar-refractivity contribution is -0.123. The quantitative estimate of drug-likeness (QED) is 0.611. The lowest BCUT2D eigenvalue weighted by Gasteiger charge is -2.15. The summed E-state index contributed by atoms with van der Waals surface area (Å²) in [5.74, 6) is 0.245. The topological polar surface area (TPSA) is 84.5 Å². The molecule has 0 aliphatic heterocycles. The third kappa shape index (κ3) is 6.69. The molecule has 0 aliphatic rings. The summed E-state index contributed by atoms with van der Waals surface area (Å²) in [6.07, 6.45) is 1.93. The molecule has 0 spiro atoms. The molecule has 0 aliphatic carbocycles. The van der Waals surface area contributed by atoms with E-state index in [4.69, 9.17) is 4.74 Å². The van der Waals surface area contributed by atoms with Crippen LogP contribution in [0.25, 0.3) is 0 Å². The Morgan fingerprint density at radius 2 is 1.74 bits per heavy atom. The number of hydrogen-bond donors (Lipinski definition) is 2. The number of hydrogen-bond acceptors (Lipinski definition) is 4. The smallest absolute Gasteiger partial charge is 0.257 e. The van der Waals surface area contributed by atoms with Crippen molar-refractivity contribution in [3.63, 3.8) is 0 Å². The molecule has 0 saturated carbocycles. The van der Waals surface area contributed by atoms with Gasteiger partial charge in [0.25, 0.3) is 5.91 Å². The van der Waals surface area contributed by atoms with Crippen molar-refractivity contribution < 1.29 is 17.9 Å². The summed E-state index contributed by atoms with van der Waals surface area (Å²) in [6.45, 7) is 4.37. The first-order valence-corrected chi connectivity index (χ1v) is 10.5. The van der Waals surface area contributed by atoms with Crippen LogP contribution >= 0.6 is 0 Å². The molecule has 0 saturated heterocycles. The maximum absolute atomic E-state index is 12.5. The van der Waals surface area contributed by atoms with Gasteiger partial charge < -0.3 is 10.1 Å². The Labute approximate surface area is 161 Å². The fourth-order valence-electron chi connectivity index (χ4n) is 2.43. The number of amides is 1. The Kier molecular flexibility index (Phi) is 7.82. The number of sulfonamides is 1. The minimum absolute atomic E-state index is 0.0981. The number of benzene rings is 2. The van der Waals surface area contributed by atoms with Crippen LogP contribution in [0.5, 0.6) is 5.75 Å². The van der Waals surface area contributed by atoms with E-state index < -0.39 is 10.0 Å². The van der Waals surface area contributed by atoms with Crippen LogP contribution in [0.1, 0.15) is 38.3 Å². The van der Waals surface area contributed by atoms with Crippen LogP contribution in [0.15, 0.2) is 59.5 Å². The molecular weight excluding hydrogens is 364 g/mol. The Morgan fingerprint density at radius 1 is 1.07 bits per heavy atom. The van der Waals surface area contributed by atoms with Crippen molar-refractivity contribution in [1.29, 1.82) is 0 Å². The van der Waals surface area contributed by atoms with E-state index in [0.717, 1.165) is 18.4 Å². The largest absolute Gasteiger partial charge is 0.484 e. The van der Waals surface area contributed by atoms with Gasteiger partial charge in [0.2, 0.25) is 10.0 Å². The van der Waals surface area contributed by atoms with Crippen LogP contribution in [0.2, 0.25) is 0 Å². The Bertz CT molecular complexity index is 821. The van der Waals surface area contributed by atoms with Gasteiger partial charge in [-0.3, -0.25) is 4.79 Å². The minimum Gasteiger partial charge on any atom is -0.484 e. The fourth-order valence-corrected chi connectivity index (χ4v) is 3.66. The summed E-state index contributed by atoms with van der Waals surface area (Å²) in [6, 6.07) is 15.0. The maximum atomic E-state index is 12.5. The van der Waals surface area contributed by atoms with Crippen molar-refractivity contribution in [2.24, 2.45) is 0 Å². The van der Waals surface area contributed by atoms with Gasteiger partial charge in [-0.15, -0.1) is 0 Å². The lowest BCUT2D eigenvalue weighted by atomic mass is 10.1. The summed E-state index contributed by atoms with van der Waals surface area (Å²) >= 11 is 0. The molecule has 0 radical (unpaired) electrons. The lowest BCUT2D eigenvalue weighted by Crippen LogP contribution is -2.29. The van der Waals surface area contributed by atoms with Crippen LogP contribution in [-0.2, 0) is 14.8 Å². The molecule has 1 amide bonds. The summed E-state index contributed by atoms with van der Waals surface area (Å²) < 4.78 is 33.1. The third-order valence-corrected chi connectivity index (χ3v) is 5.54. The highest BCUT2D eigenvalue weighted by atomic mass is 32.2. The van der Waals surface area contributed by atoms with Crippen molar-refractivity contribution >= 4 is 15.9 Å². The Morgan fingerprint density at radius 3 is 2.37 bits per heavy atom. The van der Waals surface area contributed by atoms with E-state index in [-0.39, 0.29) is 23.5 Å². The van der Waals surface area contributed by atoms with Crippen LogP contribution in [-0.4, -0.2) is 27.5 Å². The fraction of sp³-hybridized carbons (Fsp3) is 0.350. The molecule has 2 aromatic carbocycles. The highest BCUT2D eigenvalue weighted by Crippen LogP contribution is 2.19. The van der Waals surface area contributed by atoms with Crippen LogP contribution in [0.4, 0.5) is 0 Å². The summed E-state index contributed by atoms with van der Waals surface area (Å²) in [7, 11) is -3.66. The van der Waals surface area contributed by atoms with Gasteiger partial charge in [0.15, 0.2) is 6.61 Å². The number of rotatable bonds is 10. The van der Waals surface area contributed by atoms with E-state index in [1.165, 1.54) is 12.1 Å². The van der Waals surface area contributed by atoms with Gasteiger partial charge in [0, 0.05) is 12.6 Å². The molecule has 1 atom stereocenters. The van der Waals surface area contributed by atoms with E-state index in [1.54, 1.807) is 19.1 Å². The number of carbonyl (C=O) groups is 1. The molecule has 27 heavy (non-hydrogen) atoms. The maximum Gasteiger partial charge on any atom is 0.257 e. The van der Waals surface area contributed by atoms with Crippen molar-refractivity contribution in [1.82, 2.24) is 10.0 Å². The first-order valence-electron chi connectivity index (χ1n) is 8.99. The summed E-state index contributed by atoms with van der Waals surface area (Å²) in [4.78, 5) is 11.8. The average molecular weight is 391 g/mol. The van der Waals surface area contributed by atoms with Gasteiger partial charge in [-0.05, 0) is 43.2 Å². The standard InChI is InChI=1S/C20H26N2O4S/c1-3-4-14-21-20(23)15-26-18-10-12-19(13-11-18)27(24,25)22-16(2)17-8-6-5-7-9-17/h5-13,16,22H,3-4,14-15H2,1-2H3,(H,21,23)/t16-/m1/s1. The van der Waals surface area contributed by atoms with Crippen molar-refractivity contribution in [2.45, 2.75) is 37.6 Å². The Balaban J connectivity index is 1.92. The van der Waals surface area contributed by atoms with E-state index >= 15 is 0 Å². The van der Waals surface area contributed by atoms with Gasteiger partial charge in [0.05, 0.1) is 4.90 Å². The highest BCUT2D eigenvalue weighted by Gasteiger charge is 2.18. The molecular formula is C20H26N2O4S. The first kappa shape index (κ1) is 20.9. The van der Waals surface area contributed by atoms with Crippen LogP contribution in [0.3, 0.4) is 0 Å². The van der Waals surface area contributed by atoms with Gasteiger partial charge in [-0.2, -0.15) is 0 Å². The number of ether oxygens (including phenoxy) is 1. The van der Waals surface area contributed by atoms with Gasteiger partial charge in [-0.25, -0.2) is 13.1 Å². The molecule has 2 rings (SSSR count). The minimum atomic E-state index is -3.66. The second kappa shape index (κ2) is 10.1. The van der Waals surface area contributed by atoms with Gasteiger partial charge in [0.1, 0.15) is 5.75 Å². The number of nitrogens with one attached hydrogen (secondary N) is 2. The second-order valence-electron chi connectivity index (χ2n) is 6.22. The molecule has 2 N–H and O–H groups in total. The third-order valence-electron chi connectivity index (χ3n) is 3.99. The average Bonchev–Trinajstić information content (AvgIpc) is 2.67. The van der Waals surface area contributed by atoms with E-state index in [0.29, 0.717) is 12.3 Å². The van der Waals surface area contributed by atoms with E-state index in [1.807, 2.05) is 37.3 Å². The SMILES string of the molecule is CCCCNC(=O)COc1ccc(S(=O)(=O)N[C@H](C)c2ccccc2)cc1. The van der Waals surface area contributed by atoms with Gasteiger partial charge >= 0.3 is 0 Å². The molecule has 0 unspecified atom stereocenters. The molecule has 0 aromatic heterocycles. The monoisotopic (exact) mass is 390 g/mol. The van der Waals surface area contributed by atoms with Crippen molar-refractivity contribution in [3.05, 3.63) is 60.2 Å². The van der Waals surface area contributed by atoms with E-state index in [2.05, 4.69) is 10.0 Å². The Hall–Kier alpha value is -2.38. The zero-order valence-electron chi connectivity index (χ0n) is 15.6. The molecule has 2 aromatic rings. The zero-order valence-corrected chi connectivity index (χ0v) is 16.5.